The first-order valence-electron chi connectivity index (χ1n) is 7.42. The summed E-state index contributed by atoms with van der Waals surface area (Å²) in [5.74, 6) is 0.658. The van der Waals surface area contributed by atoms with Gasteiger partial charge in [0, 0.05) is 25.3 Å². The third kappa shape index (κ3) is 3.72. The average molecular weight is 313 g/mol. The van der Waals surface area contributed by atoms with Gasteiger partial charge in [-0.05, 0) is 31.9 Å². The SMILES string of the molecule is CCNc1ccc(S(=O)(=O)N2CCCCCC2CO)cn1. The summed E-state index contributed by atoms with van der Waals surface area (Å²) in [6, 6.07) is 2.91. The van der Waals surface area contributed by atoms with E-state index in [2.05, 4.69) is 10.3 Å². The van der Waals surface area contributed by atoms with Crippen LogP contribution in [0.5, 0.6) is 0 Å². The number of rotatable bonds is 5. The summed E-state index contributed by atoms with van der Waals surface area (Å²) >= 11 is 0. The van der Waals surface area contributed by atoms with Crippen LogP contribution in [0.4, 0.5) is 5.82 Å². The lowest BCUT2D eigenvalue weighted by atomic mass is 10.1. The maximum Gasteiger partial charge on any atom is 0.244 e. The van der Waals surface area contributed by atoms with Gasteiger partial charge in [0.25, 0.3) is 0 Å². The van der Waals surface area contributed by atoms with Gasteiger partial charge in [-0.15, -0.1) is 0 Å². The molecule has 2 N–H and O–H groups in total. The van der Waals surface area contributed by atoms with Gasteiger partial charge in [-0.1, -0.05) is 12.8 Å². The number of pyridine rings is 1. The molecule has 1 unspecified atom stereocenters. The first-order valence-corrected chi connectivity index (χ1v) is 8.86. The zero-order chi connectivity index (χ0) is 15.3. The van der Waals surface area contributed by atoms with E-state index in [1.807, 2.05) is 6.92 Å². The fourth-order valence-electron chi connectivity index (χ4n) is 2.60. The van der Waals surface area contributed by atoms with E-state index in [0.717, 1.165) is 25.8 Å². The molecule has 0 aliphatic carbocycles. The summed E-state index contributed by atoms with van der Waals surface area (Å²) in [5.41, 5.74) is 0. The number of nitrogens with one attached hydrogen (secondary N) is 1. The van der Waals surface area contributed by atoms with Crippen molar-refractivity contribution < 1.29 is 13.5 Å². The molecule has 1 saturated heterocycles. The number of anilines is 1. The van der Waals surface area contributed by atoms with Crippen molar-refractivity contribution >= 4 is 15.8 Å². The molecule has 0 bridgehead atoms. The first-order chi connectivity index (χ1) is 10.1. The van der Waals surface area contributed by atoms with E-state index in [1.165, 1.54) is 10.5 Å². The molecule has 0 saturated carbocycles. The van der Waals surface area contributed by atoms with Crippen LogP contribution in [-0.2, 0) is 10.0 Å². The molecule has 0 radical (unpaired) electrons. The smallest absolute Gasteiger partial charge is 0.244 e. The molecule has 0 amide bonds. The van der Waals surface area contributed by atoms with E-state index in [-0.39, 0.29) is 17.5 Å². The summed E-state index contributed by atoms with van der Waals surface area (Å²) in [6.45, 7) is 3.01. The third-order valence-corrected chi connectivity index (χ3v) is 5.67. The molecule has 21 heavy (non-hydrogen) atoms. The van der Waals surface area contributed by atoms with Crippen molar-refractivity contribution in [3.05, 3.63) is 18.3 Å². The van der Waals surface area contributed by atoms with Crippen molar-refractivity contribution in [2.75, 3.05) is 25.0 Å². The molecule has 7 heteroatoms. The van der Waals surface area contributed by atoms with E-state index >= 15 is 0 Å². The van der Waals surface area contributed by atoms with Crippen molar-refractivity contribution in [1.29, 1.82) is 0 Å². The highest BCUT2D eigenvalue weighted by molar-refractivity contribution is 7.89. The molecule has 6 nitrogen and oxygen atoms in total. The molecule has 118 valence electrons. The van der Waals surface area contributed by atoms with Gasteiger partial charge >= 0.3 is 0 Å². The van der Waals surface area contributed by atoms with E-state index in [9.17, 15) is 13.5 Å². The van der Waals surface area contributed by atoms with Crippen LogP contribution >= 0.6 is 0 Å². The Labute approximate surface area is 126 Å². The Morgan fingerprint density at radius 3 is 2.81 bits per heavy atom. The predicted molar refractivity (Wildman–Crippen MR) is 81.6 cm³/mol. The lowest BCUT2D eigenvalue weighted by molar-refractivity contribution is 0.186. The number of sulfonamides is 1. The fraction of sp³-hybridized carbons (Fsp3) is 0.643. The molecule has 1 aliphatic heterocycles. The highest BCUT2D eigenvalue weighted by Gasteiger charge is 2.32. The first kappa shape index (κ1) is 16.2. The Kier molecular flexibility index (Phi) is 5.55. The number of aliphatic hydroxyl groups excluding tert-OH is 1. The van der Waals surface area contributed by atoms with E-state index < -0.39 is 10.0 Å². The molecule has 0 aromatic carbocycles. The average Bonchev–Trinajstić information content (AvgIpc) is 2.73. The maximum atomic E-state index is 12.7. The monoisotopic (exact) mass is 313 g/mol. The lowest BCUT2D eigenvalue weighted by Gasteiger charge is -2.27. The molecule has 2 heterocycles. The van der Waals surface area contributed by atoms with Gasteiger partial charge in [0.1, 0.15) is 10.7 Å². The molecule has 1 fully saturated rings. The van der Waals surface area contributed by atoms with Gasteiger partial charge in [0.05, 0.1) is 6.61 Å². The number of aliphatic hydroxyl groups is 1. The van der Waals surface area contributed by atoms with Crippen molar-refractivity contribution in [1.82, 2.24) is 9.29 Å². The minimum absolute atomic E-state index is 0.137. The molecular formula is C14H23N3O3S. The van der Waals surface area contributed by atoms with E-state index in [4.69, 9.17) is 0 Å². The number of hydrogen-bond donors (Lipinski definition) is 2. The Morgan fingerprint density at radius 2 is 2.19 bits per heavy atom. The molecule has 2 rings (SSSR count). The summed E-state index contributed by atoms with van der Waals surface area (Å²) in [6.07, 6.45) is 4.87. The van der Waals surface area contributed by atoms with Crippen molar-refractivity contribution in [2.24, 2.45) is 0 Å². The predicted octanol–water partition coefficient (Wildman–Crippen LogP) is 1.44. The zero-order valence-corrected chi connectivity index (χ0v) is 13.1. The van der Waals surface area contributed by atoms with Gasteiger partial charge in [0.15, 0.2) is 0 Å². The Morgan fingerprint density at radius 1 is 1.38 bits per heavy atom. The second-order valence-corrected chi connectivity index (χ2v) is 7.10. The topological polar surface area (TPSA) is 82.5 Å². The second kappa shape index (κ2) is 7.20. The highest BCUT2D eigenvalue weighted by atomic mass is 32.2. The molecule has 1 aliphatic rings. The van der Waals surface area contributed by atoms with Crippen molar-refractivity contribution in [3.63, 3.8) is 0 Å². The minimum atomic E-state index is -3.60. The van der Waals surface area contributed by atoms with Crippen LogP contribution in [0.2, 0.25) is 0 Å². The maximum absolute atomic E-state index is 12.7. The molecular weight excluding hydrogens is 290 g/mol. The van der Waals surface area contributed by atoms with Gasteiger partial charge < -0.3 is 10.4 Å². The Hall–Kier alpha value is -1.18. The summed E-state index contributed by atoms with van der Waals surface area (Å²) in [7, 11) is -3.60. The van der Waals surface area contributed by atoms with Crippen LogP contribution in [0.25, 0.3) is 0 Å². The molecule has 1 aromatic heterocycles. The van der Waals surface area contributed by atoms with Crippen molar-refractivity contribution in [3.8, 4) is 0 Å². The Balaban J connectivity index is 2.26. The van der Waals surface area contributed by atoms with Crippen LogP contribution in [-0.4, -0.2) is 48.6 Å². The van der Waals surface area contributed by atoms with Gasteiger partial charge in [-0.3, -0.25) is 0 Å². The highest BCUT2D eigenvalue weighted by Crippen LogP contribution is 2.24. The van der Waals surface area contributed by atoms with E-state index in [1.54, 1.807) is 12.1 Å². The second-order valence-electron chi connectivity index (χ2n) is 5.21. The number of nitrogens with zero attached hydrogens (tertiary/aromatic N) is 2. The van der Waals surface area contributed by atoms with Gasteiger partial charge in [0.2, 0.25) is 10.0 Å². The van der Waals surface area contributed by atoms with Crippen LogP contribution in [0.15, 0.2) is 23.2 Å². The normalized spacial score (nSPS) is 21.0. The Bertz CT molecular complexity index is 545. The van der Waals surface area contributed by atoms with Gasteiger partial charge in [-0.25, -0.2) is 13.4 Å². The minimum Gasteiger partial charge on any atom is -0.395 e. The van der Waals surface area contributed by atoms with Gasteiger partial charge in [-0.2, -0.15) is 4.31 Å². The lowest BCUT2D eigenvalue weighted by Crippen LogP contribution is -2.42. The largest absolute Gasteiger partial charge is 0.395 e. The quantitative estimate of drug-likeness (QED) is 0.859. The van der Waals surface area contributed by atoms with Crippen LogP contribution < -0.4 is 5.32 Å². The summed E-state index contributed by atoms with van der Waals surface area (Å²) in [4.78, 5) is 4.31. The summed E-state index contributed by atoms with van der Waals surface area (Å²) < 4.78 is 26.9. The molecule has 1 aromatic rings. The summed E-state index contributed by atoms with van der Waals surface area (Å²) in [5, 5.41) is 12.5. The van der Waals surface area contributed by atoms with Crippen LogP contribution in [0, 0.1) is 0 Å². The number of aromatic nitrogens is 1. The third-order valence-electron chi connectivity index (χ3n) is 3.73. The molecule has 0 spiro atoms. The van der Waals surface area contributed by atoms with Crippen LogP contribution in [0.3, 0.4) is 0 Å². The zero-order valence-electron chi connectivity index (χ0n) is 12.3. The standard InChI is InChI=1S/C14H23N3O3S/c1-2-15-14-8-7-13(10-16-14)21(19,20)17-9-5-3-4-6-12(17)11-18/h7-8,10,12,18H,2-6,9,11H2,1H3,(H,15,16). The number of hydrogen-bond acceptors (Lipinski definition) is 5. The van der Waals surface area contributed by atoms with Crippen molar-refractivity contribution in [2.45, 2.75) is 43.5 Å². The molecule has 1 atom stereocenters. The van der Waals surface area contributed by atoms with E-state index in [0.29, 0.717) is 18.8 Å². The van der Waals surface area contributed by atoms with Crippen LogP contribution in [0.1, 0.15) is 32.6 Å². The fourth-order valence-corrected chi connectivity index (χ4v) is 4.23.